The van der Waals surface area contributed by atoms with Gasteiger partial charge in [0.2, 0.25) is 23.6 Å². The molecular formula is C68H126N4O22. The molecule has 0 aromatic heterocycles. The van der Waals surface area contributed by atoms with Gasteiger partial charge in [-0.25, -0.2) is 0 Å². The lowest BCUT2D eigenvalue weighted by Gasteiger charge is -2.32. The van der Waals surface area contributed by atoms with Gasteiger partial charge in [-0.15, -0.1) is 0 Å². The fourth-order valence-corrected chi connectivity index (χ4v) is 9.06. The summed E-state index contributed by atoms with van der Waals surface area (Å²) in [5.74, 6) is 0.202. The van der Waals surface area contributed by atoms with Crippen molar-refractivity contribution in [2.24, 2.45) is 5.41 Å². The number of amides is 4. The summed E-state index contributed by atoms with van der Waals surface area (Å²) in [6.07, 6.45) is 19.8. The topological polar surface area (TPSA) is 314 Å². The lowest BCUT2D eigenvalue weighted by Crippen LogP contribution is -2.38. The fourth-order valence-electron chi connectivity index (χ4n) is 9.06. The average molecular weight is 1350 g/mol. The summed E-state index contributed by atoms with van der Waals surface area (Å²) in [6.45, 7) is 17.2. The van der Waals surface area contributed by atoms with Crippen molar-refractivity contribution < 1.29 is 105 Å². The van der Waals surface area contributed by atoms with E-state index in [-0.39, 0.29) is 107 Å². The van der Waals surface area contributed by atoms with Gasteiger partial charge in [0.1, 0.15) is 24.8 Å². The molecule has 0 aliphatic rings. The lowest BCUT2D eigenvalue weighted by atomic mass is 9.88. The van der Waals surface area contributed by atoms with Gasteiger partial charge >= 0.3 is 0 Å². The molecule has 0 bridgehead atoms. The van der Waals surface area contributed by atoms with Crippen LogP contribution in [-0.4, -0.2) is 246 Å². The van der Waals surface area contributed by atoms with Crippen LogP contribution in [-0.2, 0) is 105 Å². The van der Waals surface area contributed by atoms with E-state index < -0.39 is 5.41 Å². The molecule has 0 saturated heterocycles. The first-order valence-corrected chi connectivity index (χ1v) is 35.2. The monoisotopic (exact) mass is 1350 g/mol. The Morgan fingerprint density at radius 2 is 0.543 bits per heavy atom. The van der Waals surface area contributed by atoms with E-state index in [0.717, 1.165) is 109 Å². The predicted molar refractivity (Wildman–Crippen MR) is 354 cm³/mol. The minimum absolute atomic E-state index is 0.0169. The number of carbonyl (C=O) groups excluding carboxylic acids is 8. The van der Waals surface area contributed by atoms with Gasteiger partial charge in [-0.1, -0.05) is 71.6 Å². The number of carbonyl (C=O) groups is 8. The third-order valence-corrected chi connectivity index (χ3v) is 14.7. The standard InChI is InChI=1S/C68H126N4O22/c1-3-34-81-41-45-85-48-44-84-40-33-72-64(77)26-16-10-7-13-19-32-71-67(80)29-39-92-59-68(4-2,57-90-37-27-65(78)69-30-17-11-5-8-14-22-62(75)24-20-35-82-42-46-86-49-51-88-53-55-93-60-73)58-91-38-28-66(79)70-31-18-12-6-9-15-23-63(76)25-21-36-83-43-47-87-50-52-89-54-56-94-61-74/h60-61H,3-59H2,1-2H3,(H,69,78)(H,70,79)(H,71,80)(H,72,77). The molecule has 94 heavy (non-hydrogen) atoms. The van der Waals surface area contributed by atoms with Crippen LogP contribution < -0.4 is 21.3 Å². The highest BCUT2D eigenvalue weighted by molar-refractivity contribution is 5.79. The van der Waals surface area contributed by atoms with Crippen molar-refractivity contribution in [3.05, 3.63) is 0 Å². The van der Waals surface area contributed by atoms with Crippen LogP contribution in [0.3, 0.4) is 0 Å². The summed E-state index contributed by atoms with van der Waals surface area (Å²) in [6, 6.07) is 0. The highest BCUT2D eigenvalue weighted by Gasteiger charge is 2.30. The highest BCUT2D eigenvalue weighted by Crippen LogP contribution is 2.25. The normalized spacial score (nSPS) is 11.4. The largest absolute Gasteiger partial charge is 0.465 e. The Bertz CT molecular complexity index is 1690. The highest BCUT2D eigenvalue weighted by atomic mass is 16.6. The number of Topliss-reactive ketones (excluding diaryl/α,β-unsaturated/α-hetero) is 2. The molecule has 0 radical (unpaired) electrons. The van der Waals surface area contributed by atoms with E-state index in [2.05, 4.69) is 37.7 Å². The number of rotatable bonds is 79. The third kappa shape index (κ3) is 67.7. The van der Waals surface area contributed by atoms with Crippen LogP contribution >= 0.6 is 0 Å². The van der Waals surface area contributed by atoms with Gasteiger partial charge < -0.3 is 87.6 Å². The SMILES string of the molecule is CCCOCCOCCOCCNC(=O)CCCCCCCNC(=O)CCOCC(CC)(COCCC(=O)NCCCCCCCC(=O)CCCOCCOCCOCCOC=O)COCCC(=O)NCCCCCCCC(=O)CCCOCCOCCOCCOC=O. The molecule has 0 aromatic carbocycles. The summed E-state index contributed by atoms with van der Waals surface area (Å²) < 4.78 is 76.1. The summed E-state index contributed by atoms with van der Waals surface area (Å²) in [5.41, 5.74) is -0.579. The number of ether oxygens (including phenoxy) is 14. The van der Waals surface area contributed by atoms with Crippen molar-refractivity contribution in [1.29, 1.82) is 0 Å². The van der Waals surface area contributed by atoms with Gasteiger partial charge in [0.15, 0.2) is 0 Å². The van der Waals surface area contributed by atoms with Crippen LogP contribution in [0.25, 0.3) is 0 Å². The molecule has 26 nitrogen and oxygen atoms in total. The van der Waals surface area contributed by atoms with Crippen LogP contribution in [0, 0.1) is 5.41 Å². The molecule has 4 N–H and O–H groups in total. The van der Waals surface area contributed by atoms with Crippen molar-refractivity contribution in [2.45, 2.75) is 187 Å². The minimum Gasteiger partial charge on any atom is -0.465 e. The fraction of sp³-hybridized carbons (Fsp3) is 0.882. The maximum Gasteiger partial charge on any atom is 0.293 e. The van der Waals surface area contributed by atoms with E-state index in [1.54, 1.807) is 0 Å². The quantitative estimate of drug-likeness (QED) is 0.0364. The van der Waals surface area contributed by atoms with Gasteiger partial charge in [-0.3, -0.25) is 38.4 Å². The molecule has 0 saturated carbocycles. The number of unbranched alkanes of at least 4 members (excludes halogenated alkanes) is 12. The average Bonchev–Trinajstić information content (AvgIpc) is 1.06. The molecule has 0 rings (SSSR count). The van der Waals surface area contributed by atoms with Gasteiger partial charge in [-0.2, -0.15) is 0 Å². The van der Waals surface area contributed by atoms with Crippen LogP contribution in [0.2, 0.25) is 0 Å². The second-order valence-electron chi connectivity index (χ2n) is 22.9. The van der Waals surface area contributed by atoms with E-state index in [4.69, 9.17) is 56.8 Å². The van der Waals surface area contributed by atoms with Crippen LogP contribution in [0.5, 0.6) is 0 Å². The Morgan fingerprint density at radius 1 is 0.266 bits per heavy atom. The lowest BCUT2D eigenvalue weighted by molar-refractivity contribution is -0.131. The Labute approximate surface area is 562 Å². The van der Waals surface area contributed by atoms with Crippen LogP contribution in [0.4, 0.5) is 0 Å². The number of ketones is 2. The molecule has 550 valence electrons. The van der Waals surface area contributed by atoms with Gasteiger partial charge in [0, 0.05) is 103 Å². The van der Waals surface area contributed by atoms with Crippen molar-refractivity contribution in [3.8, 4) is 0 Å². The van der Waals surface area contributed by atoms with Gasteiger partial charge in [-0.05, 0) is 64.2 Å². The van der Waals surface area contributed by atoms with E-state index in [1.807, 2.05) is 6.92 Å². The molecule has 26 heteroatoms. The van der Waals surface area contributed by atoms with Crippen LogP contribution in [0.1, 0.15) is 187 Å². The van der Waals surface area contributed by atoms with Crippen LogP contribution in [0.15, 0.2) is 0 Å². The van der Waals surface area contributed by atoms with Crippen molar-refractivity contribution >= 4 is 48.1 Å². The van der Waals surface area contributed by atoms with E-state index in [1.165, 1.54) is 0 Å². The van der Waals surface area contributed by atoms with Crippen molar-refractivity contribution in [1.82, 2.24) is 21.3 Å². The summed E-state index contributed by atoms with van der Waals surface area (Å²) in [7, 11) is 0. The minimum atomic E-state index is -0.579. The Morgan fingerprint density at radius 3 is 0.894 bits per heavy atom. The maximum atomic E-state index is 12.7. The molecule has 0 fully saturated rings. The molecule has 0 unspecified atom stereocenters. The predicted octanol–water partition coefficient (Wildman–Crippen LogP) is 6.69. The first-order valence-electron chi connectivity index (χ1n) is 35.2. The number of hydrogen-bond acceptors (Lipinski definition) is 22. The zero-order valence-corrected chi connectivity index (χ0v) is 57.9. The first-order chi connectivity index (χ1) is 46.1. The number of hydrogen-bond donors (Lipinski definition) is 4. The molecule has 0 aromatic rings. The molecule has 0 spiro atoms. The molecule has 0 atom stereocenters. The van der Waals surface area contributed by atoms with E-state index >= 15 is 0 Å². The Hall–Kier alpha value is -4.32. The van der Waals surface area contributed by atoms with Crippen molar-refractivity contribution in [3.63, 3.8) is 0 Å². The second kappa shape index (κ2) is 72.9. The molecule has 4 amide bonds. The summed E-state index contributed by atoms with van der Waals surface area (Å²) in [5, 5.41) is 11.8. The zero-order chi connectivity index (χ0) is 68.4. The van der Waals surface area contributed by atoms with Gasteiger partial charge in [0.05, 0.1) is 139 Å². The first kappa shape index (κ1) is 89.7. The molecule has 0 heterocycles. The van der Waals surface area contributed by atoms with E-state index in [9.17, 15) is 38.4 Å². The molecule has 0 aliphatic heterocycles. The van der Waals surface area contributed by atoms with Crippen molar-refractivity contribution in [2.75, 3.05) is 198 Å². The number of nitrogens with one attached hydrogen (secondary N) is 4. The van der Waals surface area contributed by atoms with Gasteiger partial charge in [0.25, 0.3) is 12.9 Å². The summed E-state index contributed by atoms with van der Waals surface area (Å²) in [4.78, 5) is 95.2. The third-order valence-electron chi connectivity index (χ3n) is 14.7. The maximum absolute atomic E-state index is 12.7. The molecule has 0 aliphatic carbocycles. The molecular weight excluding hydrogens is 1220 g/mol. The Kier molecular flexibility index (Phi) is 69.6. The van der Waals surface area contributed by atoms with E-state index in [0.29, 0.717) is 203 Å². The Balaban J connectivity index is 4.55. The smallest absolute Gasteiger partial charge is 0.293 e. The zero-order valence-electron chi connectivity index (χ0n) is 57.9. The summed E-state index contributed by atoms with van der Waals surface area (Å²) >= 11 is 0. The second-order valence-corrected chi connectivity index (χ2v) is 22.9.